The fourth-order valence-electron chi connectivity index (χ4n) is 3.93. The SMILES string of the molecule is CC[C@@]1(N2CCN(C(=O)c3ccc(Cl)s3)CC2)CCN(C(=O)NC)C1. The van der Waals surface area contributed by atoms with E-state index in [0.717, 1.165) is 52.1 Å². The van der Waals surface area contributed by atoms with Gasteiger partial charge in [0, 0.05) is 51.9 Å². The number of piperazine rings is 1. The molecule has 0 saturated carbocycles. The Kier molecular flexibility index (Phi) is 5.55. The molecule has 3 amide bonds. The number of likely N-dealkylation sites (tertiary alicyclic amines) is 1. The van der Waals surface area contributed by atoms with Crippen LogP contribution in [0.4, 0.5) is 4.79 Å². The summed E-state index contributed by atoms with van der Waals surface area (Å²) in [6.45, 7) is 6.88. The summed E-state index contributed by atoms with van der Waals surface area (Å²) in [5.41, 5.74) is 0.0356. The van der Waals surface area contributed by atoms with E-state index in [1.807, 2.05) is 9.80 Å². The van der Waals surface area contributed by atoms with Crippen molar-refractivity contribution in [2.45, 2.75) is 25.3 Å². The topological polar surface area (TPSA) is 55.9 Å². The zero-order valence-electron chi connectivity index (χ0n) is 14.8. The predicted molar refractivity (Wildman–Crippen MR) is 100 cm³/mol. The van der Waals surface area contributed by atoms with Gasteiger partial charge in [-0.05, 0) is 25.0 Å². The molecule has 1 atom stereocenters. The molecule has 2 aliphatic heterocycles. The van der Waals surface area contributed by atoms with Gasteiger partial charge < -0.3 is 15.1 Å². The molecule has 1 aromatic heterocycles. The van der Waals surface area contributed by atoms with Crippen molar-refractivity contribution in [3.63, 3.8) is 0 Å². The lowest BCUT2D eigenvalue weighted by Crippen LogP contribution is -2.59. The standard InChI is InChI=1S/C17H25ClN4O2S/c1-3-17(6-7-21(12-17)16(24)19-2)22-10-8-20(9-11-22)15(23)13-4-5-14(18)25-13/h4-5H,3,6-12H2,1-2H3,(H,19,24)/t17-/m1/s1. The molecule has 25 heavy (non-hydrogen) atoms. The molecule has 0 unspecified atom stereocenters. The highest BCUT2D eigenvalue weighted by Gasteiger charge is 2.44. The van der Waals surface area contributed by atoms with Gasteiger partial charge in [-0.2, -0.15) is 0 Å². The summed E-state index contributed by atoms with van der Waals surface area (Å²) >= 11 is 7.28. The molecule has 138 valence electrons. The number of urea groups is 1. The third kappa shape index (κ3) is 3.64. The first kappa shape index (κ1) is 18.5. The van der Waals surface area contributed by atoms with Crippen molar-refractivity contribution in [1.29, 1.82) is 0 Å². The van der Waals surface area contributed by atoms with E-state index in [2.05, 4.69) is 17.1 Å². The van der Waals surface area contributed by atoms with Gasteiger partial charge in [-0.1, -0.05) is 18.5 Å². The third-order valence-corrected chi connectivity index (χ3v) is 6.73. The number of rotatable bonds is 3. The van der Waals surface area contributed by atoms with E-state index < -0.39 is 0 Å². The van der Waals surface area contributed by atoms with Crippen LogP contribution in [-0.2, 0) is 0 Å². The number of amides is 3. The molecule has 6 nitrogen and oxygen atoms in total. The van der Waals surface area contributed by atoms with Crippen LogP contribution in [0, 0.1) is 0 Å². The zero-order chi connectivity index (χ0) is 18.0. The third-order valence-electron chi connectivity index (χ3n) is 5.51. The van der Waals surface area contributed by atoms with Crippen molar-refractivity contribution in [2.24, 2.45) is 0 Å². The van der Waals surface area contributed by atoms with Gasteiger partial charge in [0.05, 0.1) is 9.21 Å². The van der Waals surface area contributed by atoms with Crippen LogP contribution in [-0.4, -0.2) is 78.5 Å². The maximum atomic E-state index is 12.6. The molecule has 1 aromatic rings. The Labute approximate surface area is 157 Å². The van der Waals surface area contributed by atoms with E-state index in [0.29, 0.717) is 9.21 Å². The Balaban J connectivity index is 1.61. The molecule has 2 fully saturated rings. The molecule has 3 heterocycles. The van der Waals surface area contributed by atoms with E-state index in [-0.39, 0.29) is 17.5 Å². The van der Waals surface area contributed by atoms with E-state index in [9.17, 15) is 9.59 Å². The Morgan fingerprint density at radius 1 is 1.20 bits per heavy atom. The summed E-state index contributed by atoms with van der Waals surface area (Å²) in [6, 6.07) is 3.57. The predicted octanol–water partition coefficient (Wildman–Crippen LogP) is 2.35. The number of hydrogen-bond donors (Lipinski definition) is 1. The Hall–Kier alpha value is -1.31. The second-order valence-electron chi connectivity index (χ2n) is 6.69. The fourth-order valence-corrected chi connectivity index (χ4v) is 4.94. The minimum Gasteiger partial charge on any atom is -0.341 e. The molecule has 0 spiro atoms. The van der Waals surface area contributed by atoms with Crippen molar-refractivity contribution < 1.29 is 9.59 Å². The van der Waals surface area contributed by atoms with Gasteiger partial charge in [0.15, 0.2) is 0 Å². The summed E-state index contributed by atoms with van der Waals surface area (Å²) in [5, 5.41) is 2.72. The van der Waals surface area contributed by atoms with Crippen LogP contribution in [0.5, 0.6) is 0 Å². The molecule has 3 rings (SSSR count). The van der Waals surface area contributed by atoms with Crippen molar-refractivity contribution in [1.82, 2.24) is 20.0 Å². The summed E-state index contributed by atoms with van der Waals surface area (Å²) in [5.74, 6) is 0.0699. The first-order valence-corrected chi connectivity index (χ1v) is 9.95. The zero-order valence-corrected chi connectivity index (χ0v) is 16.3. The Morgan fingerprint density at radius 3 is 2.48 bits per heavy atom. The highest BCUT2D eigenvalue weighted by atomic mass is 35.5. The van der Waals surface area contributed by atoms with Crippen LogP contribution in [0.2, 0.25) is 4.34 Å². The summed E-state index contributed by atoms with van der Waals surface area (Å²) < 4.78 is 0.646. The molecule has 0 radical (unpaired) electrons. The number of carbonyl (C=O) groups is 2. The first-order valence-electron chi connectivity index (χ1n) is 8.75. The number of halogens is 1. The van der Waals surface area contributed by atoms with Crippen molar-refractivity contribution >= 4 is 34.9 Å². The largest absolute Gasteiger partial charge is 0.341 e. The van der Waals surface area contributed by atoms with Gasteiger partial charge in [0.2, 0.25) is 0 Å². The number of hydrogen-bond acceptors (Lipinski definition) is 4. The fraction of sp³-hybridized carbons (Fsp3) is 0.647. The molecule has 0 aromatic carbocycles. The first-order chi connectivity index (χ1) is 12.0. The van der Waals surface area contributed by atoms with Crippen LogP contribution < -0.4 is 5.32 Å². The molecular formula is C17H25ClN4O2S. The molecule has 2 aliphatic rings. The van der Waals surface area contributed by atoms with Gasteiger partial charge >= 0.3 is 6.03 Å². The van der Waals surface area contributed by atoms with Crippen LogP contribution in [0.1, 0.15) is 29.4 Å². The average molecular weight is 385 g/mol. The van der Waals surface area contributed by atoms with Crippen molar-refractivity contribution in [2.75, 3.05) is 46.3 Å². The molecule has 0 aliphatic carbocycles. The molecule has 2 saturated heterocycles. The van der Waals surface area contributed by atoms with Gasteiger partial charge in [-0.25, -0.2) is 4.79 Å². The van der Waals surface area contributed by atoms with Gasteiger partial charge in [-0.3, -0.25) is 9.69 Å². The number of carbonyl (C=O) groups excluding carboxylic acids is 2. The quantitative estimate of drug-likeness (QED) is 0.870. The number of thiophene rings is 1. The minimum atomic E-state index is -0.00119. The second kappa shape index (κ2) is 7.51. The molecule has 8 heteroatoms. The van der Waals surface area contributed by atoms with Crippen molar-refractivity contribution in [3.05, 3.63) is 21.3 Å². The van der Waals surface area contributed by atoms with E-state index >= 15 is 0 Å². The van der Waals surface area contributed by atoms with E-state index in [1.54, 1.807) is 19.2 Å². The smallest absolute Gasteiger partial charge is 0.317 e. The Morgan fingerprint density at radius 2 is 1.92 bits per heavy atom. The number of nitrogens with one attached hydrogen (secondary N) is 1. The highest BCUT2D eigenvalue weighted by Crippen LogP contribution is 2.32. The van der Waals surface area contributed by atoms with E-state index in [4.69, 9.17) is 11.6 Å². The maximum absolute atomic E-state index is 12.6. The monoisotopic (exact) mass is 384 g/mol. The molecular weight excluding hydrogens is 360 g/mol. The summed E-state index contributed by atoms with van der Waals surface area (Å²) in [4.78, 5) is 31.5. The van der Waals surface area contributed by atoms with Crippen LogP contribution >= 0.6 is 22.9 Å². The van der Waals surface area contributed by atoms with Crippen LogP contribution in [0.15, 0.2) is 12.1 Å². The van der Waals surface area contributed by atoms with Gasteiger partial charge in [0.25, 0.3) is 5.91 Å². The maximum Gasteiger partial charge on any atom is 0.317 e. The molecule has 0 bridgehead atoms. The lowest BCUT2D eigenvalue weighted by molar-refractivity contribution is 0.0304. The average Bonchev–Trinajstić information content (AvgIpc) is 3.28. The van der Waals surface area contributed by atoms with E-state index in [1.165, 1.54) is 11.3 Å². The Bertz CT molecular complexity index is 644. The molecule has 1 N–H and O–H groups in total. The van der Waals surface area contributed by atoms with Crippen LogP contribution in [0.3, 0.4) is 0 Å². The lowest BCUT2D eigenvalue weighted by atomic mass is 9.92. The summed E-state index contributed by atoms with van der Waals surface area (Å²) in [7, 11) is 1.68. The minimum absolute atomic E-state index is 0.00119. The van der Waals surface area contributed by atoms with Crippen molar-refractivity contribution in [3.8, 4) is 0 Å². The lowest BCUT2D eigenvalue weighted by Gasteiger charge is -2.45. The second-order valence-corrected chi connectivity index (χ2v) is 8.40. The summed E-state index contributed by atoms with van der Waals surface area (Å²) in [6.07, 6.45) is 2.00. The number of nitrogens with zero attached hydrogens (tertiary/aromatic N) is 3. The normalized spacial score (nSPS) is 24.6. The van der Waals surface area contributed by atoms with Crippen LogP contribution in [0.25, 0.3) is 0 Å². The highest BCUT2D eigenvalue weighted by molar-refractivity contribution is 7.17. The van der Waals surface area contributed by atoms with Gasteiger partial charge in [0.1, 0.15) is 0 Å². The van der Waals surface area contributed by atoms with Gasteiger partial charge in [-0.15, -0.1) is 11.3 Å².